The normalized spacial score (nSPS) is 10.1. The van der Waals surface area contributed by atoms with Crippen LogP contribution in [0.3, 0.4) is 0 Å². The van der Waals surface area contributed by atoms with Gasteiger partial charge in [0.1, 0.15) is 6.54 Å². The van der Waals surface area contributed by atoms with Gasteiger partial charge in [0.25, 0.3) is 0 Å². The Morgan fingerprint density at radius 3 is 2.29 bits per heavy atom. The number of hydrogen-bond donors (Lipinski definition) is 1. The summed E-state index contributed by atoms with van der Waals surface area (Å²) in [5, 5.41) is 2.80. The van der Waals surface area contributed by atoms with Gasteiger partial charge in [-0.3, -0.25) is 14.6 Å². The highest BCUT2D eigenvalue weighted by Crippen LogP contribution is 2.19. The first-order valence-corrected chi connectivity index (χ1v) is 7.68. The van der Waals surface area contributed by atoms with Crippen LogP contribution in [-0.2, 0) is 16.1 Å². The van der Waals surface area contributed by atoms with Gasteiger partial charge in [-0.05, 0) is 35.9 Å². The van der Waals surface area contributed by atoms with Crippen LogP contribution in [-0.4, -0.2) is 37.4 Å². The molecule has 0 fully saturated rings. The van der Waals surface area contributed by atoms with Crippen molar-refractivity contribution in [1.82, 2.24) is 10.3 Å². The molecule has 0 bridgehead atoms. The van der Waals surface area contributed by atoms with Crippen molar-refractivity contribution in [3.8, 4) is 0 Å². The molecule has 2 aromatic rings. The number of pyridine rings is 1. The fourth-order valence-corrected chi connectivity index (χ4v) is 2.22. The molecule has 1 aromatic heterocycles. The molecule has 1 heterocycles. The van der Waals surface area contributed by atoms with Gasteiger partial charge in [0.2, 0.25) is 11.8 Å². The summed E-state index contributed by atoms with van der Waals surface area (Å²) in [7, 11) is 3.90. The third kappa shape index (κ3) is 4.81. The Hall–Kier alpha value is -2.89. The SMILES string of the molecule is CC(=O)N(CC(=O)NCc1cccnc1)c1ccc(N(C)C)cc1. The minimum absolute atomic E-state index is 0.0170. The van der Waals surface area contributed by atoms with Crippen LogP contribution < -0.4 is 15.1 Å². The molecule has 2 rings (SSSR count). The van der Waals surface area contributed by atoms with Gasteiger partial charge >= 0.3 is 0 Å². The van der Waals surface area contributed by atoms with Crippen molar-refractivity contribution in [1.29, 1.82) is 0 Å². The fourth-order valence-electron chi connectivity index (χ4n) is 2.22. The highest BCUT2D eigenvalue weighted by atomic mass is 16.2. The average molecular weight is 326 g/mol. The minimum Gasteiger partial charge on any atom is -0.378 e. The Kier molecular flexibility index (Phi) is 5.89. The standard InChI is InChI=1S/C18H22N4O2/c1-14(23)22(17-8-6-16(7-9-17)21(2)3)13-18(24)20-12-15-5-4-10-19-11-15/h4-11H,12-13H2,1-3H3,(H,20,24). The van der Waals surface area contributed by atoms with Crippen molar-refractivity contribution in [2.75, 3.05) is 30.4 Å². The first kappa shape index (κ1) is 17.5. The van der Waals surface area contributed by atoms with Crippen LogP contribution in [0.1, 0.15) is 12.5 Å². The molecule has 0 spiro atoms. The molecule has 0 saturated carbocycles. The number of rotatable bonds is 6. The maximum absolute atomic E-state index is 12.1. The molecule has 0 saturated heterocycles. The van der Waals surface area contributed by atoms with Crippen LogP contribution in [0.25, 0.3) is 0 Å². The van der Waals surface area contributed by atoms with Crippen molar-refractivity contribution in [2.45, 2.75) is 13.5 Å². The maximum Gasteiger partial charge on any atom is 0.240 e. The number of hydrogen-bond acceptors (Lipinski definition) is 4. The van der Waals surface area contributed by atoms with E-state index >= 15 is 0 Å². The molecule has 0 unspecified atom stereocenters. The smallest absolute Gasteiger partial charge is 0.240 e. The van der Waals surface area contributed by atoms with E-state index in [9.17, 15) is 9.59 Å². The highest BCUT2D eigenvalue weighted by molar-refractivity contribution is 5.97. The van der Waals surface area contributed by atoms with E-state index in [1.807, 2.05) is 55.4 Å². The number of nitrogens with zero attached hydrogens (tertiary/aromatic N) is 3. The lowest BCUT2D eigenvalue weighted by molar-refractivity contribution is -0.123. The van der Waals surface area contributed by atoms with Crippen LogP contribution in [0.15, 0.2) is 48.8 Å². The van der Waals surface area contributed by atoms with Gasteiger partial charge in [-0.15, -0.1) is 0 Å². The number of nitrogens with one attached hydrogen (secondary N) is 1. The second-order valence-electron chi connectivity index (χ2n) is 5.65. The first-order chi connectivity index (χ1) is 11.5. The Balaban J connectivity index is 2.00. The van der Waals surface area contributed by atoms with E-state index in [0.29, 0.717) is 12.2 Å². The van der Waals surface area contributed by atoms with Crippen molar-refractivity contribution in [3.05, 3.63) is 54.4 Å². The Labute approximate surface area is 142 Å². The number of benzene rings is 1. The van der Waals surface area contributed by atoms with E-state index in [0.717, 1.165) is 11.3 Å². The quantitative estimate of drug-likeness (QED) is 0.879. The molecular weight excluding hydrogens is 304 g/mol. The third-order valence-electron chi connectivity index (χ3n) is 3.57. The molecule has 1 aromatic carbocycles. The second-order valence-corrected chi connectivity index (χ2v) is 5.65. The number of carbonyl (C=O) groups is 2. The summed E-state index contributed by atoms with van der Waals surface area (Å²) in [5.41, 5.74) is 2.64. The van der Waals surface area contributed by atoms with Crippen molar-refractivity contribution in [3.63, 3.8) is 0 Å². The molecule has 0 aliphatic heterocycles. The monoisotopic (exact) mass is 326 g/mol. The van der Waals surface area contributed by atoms with Gasteiger partial charge < -0.3 is 15.1 Å². The number of anilines is 2. The fraction of sp³-hybridized carbons (Fsp3) is 0.278. The Morgan fingerprint density at radius 2 is 1.75 bits per heavy atom. The van der Waals surface area contributed by atoms with Gasteiger partial charge in [0.05, 0.1) is 0 Å². The number of amides is 2. The Morgan fingerprint density at radius 1 is 1.08 bits per heavy atom. The van der Waals surface area contributed by atoms with Gasteiger partial charge in [-0.25, -0.2) is 0 Å². The molecule has 6 heteroatoms. The molecule has 126 valence electrons. The van der Waals surface area contributed by atoms with E-state index in [2.05, 4.69) is 10.3 Å². The largest absolute Gasteiger partial charge is 0.378 e. The van der Waals surface area contributed by atoms with Crippen LogP contribution >= 0.6 is 0 Å². The zero-order chi connectivity index (χ0) is 17.5. The lowest BCUT2D eigenvalue weighted by Crippen LogP contribution is -2.39. The maximum atomic E-state index is 12.1. The average Bonchev–Trinajstić information content (AvgIpc) is 2.58. The summed E-state index contributed by atoms with van der Waals surface area (Å²) >= 11 is 0. The van der Waals surface area contributed by atoms with E-state index in [1.165, 1.54) is 11.8 Å². The summed E-state index contributed by atoms with van der Waals surface area (Å²) in [4.78, 5) is 31.5. The first-order valence-electron chi connectivity index (χ1n) is 7.68. The van der Waals surface area contributed by atoms with Crippen LogP contribution in [0, 0.1) is 0 Å². The molecule has 0 atom stereocenters. The number of aromatic nitrogens is 1. The highest BCUT2D eigenvalue weighted by Gasteiger charge is 2.15. The van der Waals surface area contributed by atoms with E-state index in [1.54, 1.807) is 12.4 Å². The summed E-state index contributed by atoms with van der Waals surface area (Å²) in [6.45, 7) is 1.82. The van der Waals surface area contributed by atoms with Crippen molar-refractivity contribution in [2.24, 2.45) is 0 Å². The molecule has 6 nitrogen and oxygen atoms in total. The molecule has 0 radical (unpaired) electrons. The summed E-state index contributed by atoms with van der Waals surface area (Å²) < 4.78 is 0. The van der Waals surface area contributed by atoms with Gasteiger partial charge in [0, 0.05) is 51.3 Å². The predicted octanol–water partition coefficient (Wildman–Crippen LogP) is 1.82. The van der Waals surface area contributed by atoms with Crippen LogP contribution in [0.4, 0.5) is 11.4 Å². The molecular formula is C18H22N4O2. The summed E-state index contributed by atoms with van der Waals surface area (Å²) in [6, 6.07) is 11.2. The van der Waals surface area contributed by atoms with Crippen molar-refractivity contribution >= 4 is 23.2 Å². The van der Waals surface area contributed by atoms with E-state index < -0.39 is 0 Å². The zero-order valence-corrected chi connectivity index (χ0v) is 14.2. The summed E-state index contributed by atoms with van der Waals surface area (Å²) in [6.07, 6.45) is 3.38. The molecule has 0 aliphatic carbocycles. The predicted molar refractivity (Wildman–Crippen MR) is 94.9 cm³/mol. The molecule has 2 amide bonds. The van der Waals surface area contributed by atoms with Crippen LogP contribution in [0.2, 0.25) is 0 Å². The van der Waals surface area contributed by atoms with Crippen molar-refractivity contribution < 1.29 is 9.59 Å². The second kappa shape index (κ2) is 8.10. The summed E-state index contributed by atoms with van der Waals surface area (Å²) in [5.74, 6) is -0.394. The molecule has 0 aliphatic rings. The Bertz CT molecular complexity index is 684. The van der Waals surface area contributed by atoms with Crippen LogP contribution in [0.5, 0.6) is 0 Å². The molecule has 24 heavy (non-hydrogen) atoms. The van der Waals surface area contributed by atoms with Gasteiger partial charge in [0.15, 0.2) is 0 Å². The lowest BCUT2D eigenvalue weighted by atomic mass is 10.2. The van der Waals surface area contributed by atoms with E-state index in [4.69, 9.17) is 0 Å². The van der Waals surface area contributed by atoms with Gasteiger partial charge in [-0.2, -0.15) is 0 Å². The molecule has 1 N–H and O–H groups in total. The number of carbonyl (C=O) groups excluding carboxylic acids is 2. The van der Waals surface area contributed by atoms with Gasteiger partial charge in [-0.1, -0.05) is 6.07 Å². The topological polar surface area (TPSA) is 65.5 Å². The zero-order valence-electron chi connectivity index (χ0n) is 14.2. The minimum atomic E-state index is -0.217. The van der Waals surface area contributed by atoms with E-state index in [-0.39, 0.29) is 18.4 Å². The third-order valence-corrected chi connectivity index (χ3v) is 3.57. The lowest BCUT2D eigenvalue weighted by Gasteiger charge is -2.22.